The fraction of sp³-hybridized carbons (Fsp3) is 0.312. The standard InChI is InChI=1S/C16H18N2O2/c1-4-15-14(9-11(3)17-18-15)16(19)12-7-6-8-13(10-12)20-5-2/h6-10H,4-5H2,1-3H3. The number of ketones is 1. The predicted octanol–water partition coefficient (Wildman–Crippen LogP) is 2.98. The monoisotopic (exact) mass is 270 g/mol. The number of carbonyl (C=O) groups is 1. The topological polar surface area (TPSA) is 52.1 Å². The van der Waals surface area contributed by atoms with Crippen LogP contribution in [0.5, 0.6) is 5.75 Å². The van der Waals surface area contributed by atoms with Gasteiger partial charge in [0, 0.05) is 11.1 Å². The molecule has 0 radical (unpaired) electrons. The van der Waals surface area contributed by atoms with Crippen molar-refractivity contribution in [3.05, 3.63) is 52.8 Å². The van der Waals surface area contributed by atoms with Crippen LogP contribution < -0.4 is 4.74 Å². The van der Waals surface area contributed by atoms with Gasteiger partial charge >= 0.3 is 0 Å². The quantitative estimate of drug-likeness (QED) is 0.784. The number of benzene rings is 1. The Balaban J connectivity index is 2.40. The minimum absolute atomic E-state index is 0.0404. The number of carbonyl (C=O) groups excluding carboxylic acids is 1. The highest BCUT2D eigenvalue weighted by atomic mass is 16.5. The second kappa shape index (κ2) is 6.28. The van der Waals surface area contributed by atoms with E-state index >= 15 is 0 Å². The molecule has 0 aliphatic carbocycles. The lowest BCUT2D eigenvalue weighted by Crippen LogP contribution is -2.09. The van der Waals surface area contributed by atoms with Gasteiger partial charge in [0.15, 0.2) is 5.78 Å². The molecule has 2 aromatic rings. The minimum atomic E-state index is -0.0404. The van der Waals surface area contributed by atoms with Gasteiger partial charge in [0.05, 0.1) is 18.0 Å². The molecule has 0 aliphatic heterocycles. The zero-order chi connectivity index (χ0) is 14.5. The van der Waals surface area contributed by atoms with E-state index in [0.29, 0.717) is 29.9 Å². The van der Waals surface area contributed by atoms with Crippen LogP contribution in [0.3, 0.4) is 0 Å². The molecule has 0 spiro atoms. The summed E-state index contributed by atoms with van der Waals surface area (Å²) in [5.41, 5.74) is 2.70. The SMILES string of the molecule is CCOc1cccc(C(=O)c2cc(C)nnc2CC)c1. The lowest BCUT2D eigenvalue weighted by atomic mass is 10.0. The van der Waals surface area contributed by atoms with E-state index in [1.807, 2.05) is 32.9 Å². The molecule has 0 saturated heterocycles. The van der Waals surface area contributed by atoms with Gasteiger partial charge < -0.3 is 4.74 Å². The zero-order valence-corrected chi connectivity index (χ0v) is 12.0. The van der Waals surface area contributed by atoms with Crippen molar-refractivity contribution in [2.24, 2.45) is 0 Å². The van der Waals surface area contributed by atoms with Gasteiger partial charge in [0.25, 0.3) is 0 Å². The van der Waals surface area contributed by atoms with Crippen LogP contribution in [-0.4, -0.2) is 22.6 Å². The maximum Gasteiger partial charge on any atom is 0.195 e. The third kappa shape index (κ3) is 3.02. The molecule has 1 aromatic carbocycles. The Morgan fingerprint density at radius 1 is 1.20 bits per heavy atom. The van der Waals surface area contributed by atoms with E-state index < -0.39 is 0 Å². The Morgan fingerprint density at radius 3 is 2.70 bits per heavy atom. The first-order valence-corrected chi connectivity index (χ1v) is 6.76. The van der Waals surface area contributed by atoms with Crippen LogP contribution in [0.15, 0.2) is 30.3 Å². The molecule has 20 heavy (non-hydrogen) atoms. The summed E-state index contributed by atoms with van der Waals surface area (Å²) in [6.45, 7) is 6.29. The predicted molar refractivity (Wildman–Crippen MR) is 77.2 cm³/mol. The summed E-state index contributed by atoms with van der Waals surface area (Å²) in [6.07, 6.45) is 0.680. The number of ether oxygens (including phenoxy) is 1. The van der Waals surface area contributed by atoms with Gasteiger partial charge in [-0.15, -0.1) is 0 Å². The Bertz CT molecular complexity index is 624. The number of hydrogen-bond acceptors (Lipinski definition) is 4. The van der Waals surface area contributed by atoms with Crippen LogP contribution in [0.25, 0.3) is 0 Å². The summed E-state index contributed by atoms with van der Waals surface area (Å²) < 4.78 is 5.43. The van der Waals surface area contributed by atoms with Gasteiger partial charge in [-0.1, -0.05) is 19.1 Å². The van der Waals surface area contributed by atoms with Crippen molar-refractivity contribution in [3.8, 4) is 5.75 Å². The summed E-state index contributed by atoms with van der Waals surface area (Å²) in [4.78, 5) is 12.6. The number of aryl methyl sites for hydroxylation is 2. The van der Waals surface area contributed by atoms with E-state index in [0.717, 1.165) is 11.4 Å². The van der Waals surface area contributed by atoms with E-state index in [4.69, 9.17) is 4.74 Å². The van der Waals surface area contributed by atoms with Crippen molar-refractivity contribution < 1.29 is 9.53 Å². The molecule has 0 saturated carbocycles. The van der Waals surface area contributed by atoms with Crippen LogP contribution in [0.1, 0.15) is 41.2 Å². The van der Waals surface area contributed by atoms with E-state index in [9.17, 15) is 4.79 Å². The molecule has 4 nitrogen and oxygen atoms in total. The molecule has 1 heterocycles. The highest BCUT2D eigenvalue weighted by Crippen LogP contribution is 2.18. The first-order chi connectivity index (χ1) is 9.65. The van der Waals surface area contributed by atoms with E-state index in [1.165, 1.54) is 0 Å². The Hall–Kier alpha value is -2.23. The Kier molecular flexibility index (Phi) is 4.45. The lowest BCUT2D eigenvalue weighted by Gasteiger charge is -2.08. The second-order valence-corrected chi connectivity index (χ2v) is 4.49. The van der Waals surface area contributed by atoms with Crippen molar-refractivity contribution in [1.29, 1.82) is 0 Å². The van der Waals surface area contributed by atoms with Crippen LogP contribution in [0, 0.1) is 6.92 Å². The molecule has 0 amide bonds. The Morgan fingerprint density at radius 2 is 2.00 bits per heavy atom. The van der Waals surface area contributed by atoms with Crippen molar-refractivity contribution in [1.82, 2.24) is 10.2 Å². The summed E-state index contributed by atoms with van der Waals surface area (Å²) in [5.74, 6) is 0.663. The smallest absolute Gasteiger partial charge is 0.195 e. The molecule has 0 aliphatic rings. The number of rotatable bonds is 5. The van der Waals surface area contributed by atoms with Crippen molar-refractivity contribution in [3.63, 3.8) is 0 Å². The van der Waals surface area contributed by atoms with Gasteiger partial charge in [-0.2, -0.15) is 10.2 Å². The summed E-state index contributed by atoms with van der Waals surface area (Å²) in [6, 6.07) is 9.02. The molecule has 2 rings (SSSR count). The maximum atomic E-state index is 12.6. The molecule has 4 heteroatoms. The third-order valence-electron chi connectivity index (χ3n) is 2.98. The molecule has 0 fully saturated rings. The first-order valence-electron chi connectivity index (χ1n) is 6.76. The van der Waals surface area contributed by atoms with Crippen molar-refractivity contribution in [2.75, 3.05) is 6.61 Å². The van der Waals surface area contributed by atoms with Gasteiger partial charge in [-0.25, -0.2) is 0 Å². The summed E-state index contributed by atoms with van der Waals surface area (Å²) in [7, 11) is 0. The van der Waals surface area contributed by atoms with Crippen LogP contribution >= 0.6 is 0 Å². The molecule has 0 atom stereocenters. The fourth-order valence-corrected chi connectivity index (χ4v) is 2.02. The Labute approximate surface area is 118 Å². The molecule has 0 bridgehead atoms. The van der Waals surface area contributed by atoms with Gasteiger partial charge in [-0.3, -0.25) is 4.79 Å². The first kappa shape index (κ1) is 14.2. The van der Waals surface area contributed by atoms with Gasteiger partial charge in [0.2, 0.25) is 0 Å². The molecule has 0 N–H and O–H groups in total. The highest BCUT2D eigenvalue weighted by Gasteiger charge is 2.15. The average molecular weight is 270 g/mol. The molecular weight excluding hydrogens is 252 g/mol. The van der Waals surface area contributed by atoms with Gasteiger partial charge in [-0.05, 0) is 38.5 Å². The molecule has 1 aromatic heterocycles. The maximum absolute atomic E-state index is 12.6. The zero-order valence-electron chi connectivity index (χ0n) is 12.0. The van der Waals surface area contributed by atoms with Crippen LogP contribution in [0.4, 0.5) is 0 Å². The average Bonchev–Trinajstić information content (AvgIpc) is 2.47. The van der Waals surface area contributed by atoms with E-state index in [2.05, 4.69) is 10.2 Å². The molecular formula is C16H18N2O2. The molecule has 104 valence electrons. The number of nitrogens with zero attached hydrogens (tertiary/aromatic N) is 2. The lowest BCUT2D eigenvalue weighted by molar-refractivity contribution is 0.103. The van der Waals surface area contributed by atoms with Gasteiger partial charge in [0.1, 0.15) is 5.75 Å². The minimum Gasteiger partial charge on any atom is -0.494 e. The van der Waals surface area contributed by atoms with E-state index in [-0.39, 0.29) is 5.78 Å². The van der Waals surface area contributed by atoms with Crippen LogP contribution in [-0.2, 0) is 6.42 Å². The van der Waals surface area contributed by atoms with Crippen molar-refractivity contribution >= 4 is 5.78 Å². The van der Waals surface area contributed by atoms with E-state index in [1.54, 1.807) is 18.2 Å². The number of aromatic nitrogens is 2. The molecule has 0 unspecified atom stereocenters. The largest absolute Gasteiger partial charge is 0.494 e. The fourth-order valence-electron chi connectivity index (χ4n) is 2.02. The third-order valence-corrected chi connectivity index (χ3v) is 2.98. The van der Waals surface area contributed by atoms with Crippen molar-refractivity contribution in [2.45, 2.75) is 27.2 Å². The second-order valence-electron chi connectivity index (χ2n) is 4.49. The normalized spacial score (nSPS) is 10.3. The van der Waals surface area contributed by atoms with Crippen LogP contribution in [0.2, 0.25) is 0 Å². The highest BCUT2D eigenvalue weighted by molar-refractivity contribution is 6.09. The number of hydrogen-bond donors (Lipinski definition) is 0. The summed E-state index contributed by atoms with van der Waals surface area (Å²) >= 11 is 0. The summed E-state index contributed by atoms with van der Waals surface area (Å²) in [5, 5.41) is 8.11.